The van der Waals surface area contributed by atoms with Crippen LogP contribution in [0, 0.1) is 5.92 Å². The zero-order chi connectivity index (χ0) is 16.2. The monoisotopic (exact) mass is 314 g/mol. The van der Waals surface area contributed by atoms with E-state index in [1.165, 1.54) is 0 Å². The van der Waals surface area contributed by atoms with Gasteiger partial charge in [0.15, 0.2) is 0 Å². The van der Waals surface area contributed by atoms with Gasteiger partial charge in [-0.2, -0.15) is 0 Å². The number of carbonyl (C=O) groups is 1. The largest absolute Gasteiger partial charge is 0.361 e. The quantitative estimate of drug-likeness (QED) is 0.884. The molecule has 0 saturated carbocycles. The summed E-state index contributed by atoms with van der Waals surface area (Å²) in [6.07, 6.45) is 1.89. The van der Waals surface area contributed by atoms with Crippen molar-refractivity contribution in [2.45, 2.75) is 6.92 Å². The molecule has 5 heteroatoms. The number of carbonyl (C=O) groups excluding carboxylic acids is 1. The van der Waals surface area contributed by atoms with Crippen molar-refractivity contribution in [3.63, 3.8) is 0 Å². The molecule has 2 heterocycles. The van der Waals surface area contributed by atoms with Crippen LogP contribution in [0.15, 0.2) is 30.5 Å². The number of hydrogen-bond donors (Lipinski definition) is 2. The Morgan fingerprint density at radius 2 is 2.04 bits per heavy atom. The summed E-state index contributed by atoms with van der Waals surface area (Å²) >= 11 is 0. The Labute approximate surface area is 137 Å². The smallest absolute Gasteiger partial charge is 0.251 e. The summed E-state index contributed by atoms with van der Waals surface area (Å²) in [6, 6.07) is 7.79. The van der Waals surface area contributed by atoms with E-state index in [0.717, 1.165) is 43.6 Å². The van der Waals surface area contributed by atoms with Crippen molar-refractivity contribution in [1.82, 2.24) is 20.1 Å². The van der Waals surface area contributed by atoms with Gasteiger partial charge in [-0.3, -0.25) is 4.79 Å². The van der Waals surface area contributed by atoms with Crippen LogP contribution in [0.3, 0.4) is 0 Å². The van der Waals surface area contributed by atoms with E-state index in [2.05, 4.69) is 34.1 Å². The second-order valence-corrected chi connectivity index (χ2v) is 6.70. The molecule has 1 amide bonds. The van der Waals surface area contributed by atoms with E-state index < -0.39 is 0 Å². The van der Waals surface area contributed by atoms with Crippen LogP contribution in [0.2, 0.25) is 0 Å². The fourth-order valence-electron chi connectivity index (χ4n) is 3.09. The maximum Gasteiger partial charge on any atom is 0.251 e. The second kappa shape index (κ2) is 7.15. The van der Waals surface area contributed by atoms with Crippen molar-refractivity contribution in [2.24, 2.45) is 5.92 Å². The molecule has 1 aliphatic heterocycles. The third-order valence-corrected chi connectivity index (χ3v) is 4.59. The molecule has 0 spiro atoms. The molecule has 1 saturated heterocycles. The van der Waals surface area contributed by atoms with Crippen LogP contribution >= 0.6 is 0 Å². The van der Waals surface area contributed by atoms with E-state index in [0.29, 0.717) is 18.0 Å². The molecule has 0 radical (unpaired) electrons. The number of piperazine rings is 1. The van der Waals surface area contributed by atoms with Crippen LogP contribution in [-0.4, -0.2) is 67.0 Å². The van der Waals surface area contributed by atoms with Gasteiger partial charge in [0.25, 0.3) is 5.91 Å². The van der Waals surface area contributed by atoms with Gasteiger partial charge in [0, 0.05) is 56.5 Å². The molecule has 1 aliphatic rings. The van der Waals surface area contributed by atoms with Crippen LogP contribution in [-0.2, 0) is 0 Å². The van der Waals surface area contributed by atoms with Gasteiger partial charge in [-0.1, -0.05) is 13.0 Å². The van der Waals surface area contributed by atoms with Crippen LogP contribution in [0.1, 0.15) is 17.3 Å². The minimum Gasteiger partial charge on any atom is -0.361 e. The lowest BCUT2D eigenvalue weighted by Gasteiger charge is -2.33. The number of likely N-dealkylation sites (N-methyl/N-ethyl adjacent to an activating group) is 1. The number of nitrogens with one attached hydrogen (secondary N) is 2. The zero-order valence-electron chi connectivity index (χ0n) is 14.0. The molecule has 3 rings (SSSR count). The molecular weight excluding hydrogens is 288 g/mol. The Morgan fingerprint density at radius 1 is 1.26 bits per heavy atom. The van der Waals surface area contributed by atoms with Crippen molar-refractivity contribution in [2.75, 3.05) is 46.3 Å². The molecule has 1 atom stereocenters. The lowest BCUT2D eigenvalue weighted by molar-refractivity contribution is 0.0937. The molecule has 1 aromatic heterocycles. The molecule has 0 bridgehead atoms. The van der Waals surface area contributed by atoms with Crippen molar-refractivity contribution in [1.29, 1.82) is 0 Å². The average molecular weight is 314 g/mol. The molecular formula is C18H26N4O. The summed E-state index contributed by atoms with van der Waals surface area (Å²) < 4.78 is 0. The number of aromatic nitrogens is 1. The van der Waals surface area contributed by atoms with Gasteiger partial charge in [0.1, 0.15) is 0 Å². The molecule has 23 heavy (non-hydrogen) atoms. The number of rotatable bonds is 5. The number of benzene rings is 1. The molecule has 124 valence electrons. The summed E-state index contributed by atoms with van der Waals surface area (Å²) in [5.74, 6) is 0.461. The van der Waals surface area contributed by atoms with E-state index >= 15 is 0 Å². The first kappa shape index (κ1) is 16.0. The number of aromatic amines is 1. The summed E-state index contributed by atoms with van der Waals surface area (Å²) in [7, 11) is 2.17. The maximum absolute atomic E-state index is 12.3. The van der Waals surface area contributed by atoms with Crippen molar-refractivity contribution in [3.8, 4) is 0 Å². The van der Waals surface area contributed by atoms with Crippen molar-refractivity contribution >= 4 is 16.8 Å². The topological polar surface area (TPSA) is 51.4 Å². The third-order valence-electron chi connectivity index (χ3n) is 4.59. The minimum absolute atomic E-state index is 0.00623. The molecule has 1 fully saturated rings. The third kappa shape index (κ3) is 4.12. The number of hydrogen-bond acceptors (Lipinski definition) is 3. The highest BCUT2D eigenvalue weighted by molar-refractivity contribution is 5.97. The fraction of sp³-hybridized carbons (Fsp3) is 0.500. The molecule has 2 aromatic rings. The second-order valence-electron chi connectivity index (χ2n) is 6.70. The van der Waals surface area contributed by atoms with Crippen LogP contribution in [0.4, 0.5) is 0 Å². The molecule has 0 unspecified atom stereocenters. The van der Waals surface area contributed by atoms with Gasteiger partial charge < -0.3 is 20.1 Å². The standard InChI is InChI=1S/C18H26N4O/c1-14(13-22-9-7-21(2)8-10-22)12-20-18(23)16-4-3-15-5-6-19-17(15)11-16/h3-6,11,14,19H,7-10,12-13H2,1-2H3,(H,20,23)/t14-/m1/s1. The lowest BCUT2D eigenvalue weighted by atomic mass is 10.1. The SMILES string of the molecule is C[C@H](CNC(=O)c1ccc2cc[nH]c2c1)CN1CCN(C)CC1. The van der Waals surface area contributed by atoms with Gasteiger partial charge in [0.05, 0.1) is 0 Å². The molecule has 5 nitrogen and oxygen atoms in total. The van der Waals surface area contributed by atoms with E-state index in [1.54, 1.807) is 0 Å². The summed E-state index contributed by atoms with van der Waals surface area (Å²) in [6.45, 7) is 8.48. The number of amides is 1. The highest BCUT2D eigenvalue weighted by Crippen LogP contribution is 2.14. The molecule has 0 aliphatic carbocycles. The van der Waals surface area contributed by atoms with E-state index in [1.807, 2.05) is 30.5 Å². The minimum atomic E-state index is 0.00623. The summed E-state index contributed by atoms with van der Waals surface area (Å²) in [5, 5.41) is 4.19. The predicted octanol–water partition coefficient (Wildman–Crippen LogP) is 1.78. The Kier molecular flexibility index (Phi) is 4.98. The Hall–Kier alpha value is -1.85. The van der Waals surface area contributed by atoms with Crippen molar-refractivity contribution < 1.29 is 4.79 Å². The summed E-state index contributed by atoms with van der Waals surface area (Å²) in [5.41, 5.74) is 1.72. The van der Waals surface area contributed by atoms with Gasteiger partial charge >= 0.3 is 0 Å². The molecule has 1 aromatic carbocycles. The summed E-state index contributed by atoms with van der Waals surface area (Å²) in [4.78, 5) is 20.3. The number of nitrogens with zero attached hydrogens (tertiary/aromatic N) is 2. The number of H-pyrrole nitrogens is 1. The number of fused-ring (bicyclic) bond motifs is 1. The Balaban J connectivity index is 1.48. The molecule has 2 N–H and O–H groups in total. The first-order chi connectivity index (χ1) is 11.1. The predicted molar refractivity (Wildman–Crippen MR) is 93.7 cm³/mol. The Bertz CT molecular complexity index is 658. The highest BCUT2D eigenvalue weighted by Gasteiger charge is 2.16. The van der Waals surface area contributed by atoms with E-state index in [4.69, 9.17) is 0 Å². The first-order valence-electron chi connectivity index (χ1n) is 8.38. The van der Waals surface area contributed by atoms with Crippen LogP contribution in [0.25, 0.3) is 10.9 Å². The fourth-order valence-corrected chi connectivity index (χ4v) is 3.09. The Morgan fingerprint density at radius 3 is 2.83 bits per heavy atom. The van der Waals surface area contributed by atoms with Gasteiger partial charge in [-0.15, -0.1) is 0 Å². The normalized spacial score (nSPS) is 18.2. The van der Waals surface area contributed by atoms with Crippen LogP contribution in [0.5, 0.6) is 0 Å². The average Bonchev–Trinajstić information content (AvgIpc) is 3.02. The van der Waals surface area contributed by atoms with Gasteiger partial charge in [0.2, 0.25) is 0 Å². The van der Waals surface area contributed by atoms with E-state index in [-0.39, 0.29) is 5.91 Å². The first-order valence-corrected chi connectivity index (χ1v) is 8.38. The van der Waals surface area contributed by atoms with E-state index in [9.17, 15) is 4.79 Å². The maximum atomic E-state index is 12.3. The van der Waals surface area contributed by atoms with Gasteiger partial charge in [-0.25, -0.2) is 0 Å². The zero-order valence-corrected chi connectivity index (χ0v) is 14.0. The highest BCUT2D eigenvalue weighted by atomic mass is 16.1. The van der Waals surface area contributed by atoms with Crippen LogP contribution < -0.4 is 5.32 Å². The van der Waals surface area contributed by atoms with Gasteiger partial charge in [-0.05, 0) is 36.6 Å². The van der Waals surface area contributed by atoms with Crippen molar-refractivity contribution in [3.05, 3.63) is 36.0 Å². The lowest BCUT2D eigenvalue weighted by Crippen LogP contribution is -2.46.